The maximum absolute atomic E-state index is 14.6. The van der Waals surface area contributed by atoms with E-state index in [2.05, 4.69) is 6.07 Å². The van der Waals surface area contributed by atoms with E-state index < -0.39 is 11.7 Å². The molecule has 6 heteroatoms. The predicted octanol–water partition coefficient (Wildman–Crippen LogP) is 6.85. The van der Waals surface area contributed by atoms with Gasteiger partial charge in [0.2, 0.25) is 5.91 Å². The molecule has 157 valence electrons. The largest absolute Gasteiger partial charge is 0.366 e. The number of benzene rings is 4. The number of fused-ring (bicyclic) bond motifs is 3. The molecule has 0 saturated heterocycles. The number of carbonyl (C=O) groups is 1. The number of aromatic nitrogens is 1. The number of hydrogen-bond donors (Lipinski definition) is 1. The first-order chi connectivity index (χ1) is 15.4. The van der Waals surface area contributed by atoms with Gasteiger partial charge in [-0.1, -0.05) is 47.5 Å². The summed E-state index contributed by atoms with van der Waals surface area (Å²) in [6.07, 6.45) is 0. The number of nitrogens with two attached hydrogens (primary N) is 1. The zero-order valence-corrected chi connectivity index (χ0v) is 18.2. The van der Waals surface area contributed by atoms with Gasteiger partial charge in [-0.15, -0.1) is 0 Å². The lowest BCUT2D eigenvalue weighted by atomic mass is 10.0. The molecule has 0 atom stereocenters. The zero-order valence-electron chi connectivity index (χ0n) is 16.7. The van der Waals surface area contributed by atoms with Crippen LogP contribution in [0.1, 0.15) is 15.9 Å². The molecule has 0 aliphatic rings. The quantitative estimate of drug-likeness (QED) is 0.312. The van der Waals surface area contributed by atoms with Gasteiger partial charge in [-0.3, -0.25) is 4.79 Å². The average Bonchev–Trinajstić information content (AvgIpc) is 3.09. The normalized spacial score (nSPS) is 11.3. The maximum atomic E-state index is 14.6. The van der Waals surface area contributed by atoms with Crippen LogP contribution >= 0.6 is 23.2 Å². The summed E-state index contributed by atoms with van der Waals surface area (Å²) in [5.74, 6) is -0.926. The monoisotopic (exact) mass is 461 g/mol. The van der Waals surface area contributed by atoms with Crippen molar-refractivity contribution in [1.29, 1.82) is 0 Å². The van der Waals surface area contributed by atoms with Gasteiger partial charge in [-0.2, -0.15) is 0 Å². The van der Waals surface area contributed by atoms with Gasteiger partial charge in [0, 0.05) is 31.9 Å². The Kier molecular flexibility index (Phi) is 5.12. The van der Waals surface area contributed by atoms with Gasteiger partial charge in [0.05, 0.1) is 17.6 Å². The summed E-state index contributed by atoms with van der Waals surface area (Å²) in [6, 6.07) is 24.6. The van der Waals surface area contributed by atoms with Crippen molar-refractivity contribution in [2.24, 2.45) is 5.73 Å². The van der Waals surface area contributed by atoms with E-state index in [-0.39, 0.29) is 6.54 Å². The lowest BCUT2D eigenvalue weighted by Crippen LogP contribution is -2.11. The van der Waals surface area contributed by atoms with Crippen LogP contribution in [0.3, 0.4) is 0 Å². The molecule has 0 saturated carbocycles. The molecule has 5 rings (SSSR count). The summed E-state index contributed by atoms with van der Waals surface area (Å²) < 4.78 is 16.6. The number of rotatable bonds is 4. The molecule has 0 bridgehead atoms. The number of nitrogens with zero attached hydrogens (tertiary/aromatic N) is 1. The zero-order chi connectivity index (χ0) is 22.4. The summed E-state index contributed by atoms with van der Waals surface area (Å²) in [7, 11) is 0. The van der Waals surface area contributed by atoms with Crippen molar-refractivity contribution in [3.8, 4) is 11.1 Å². The second-order valence-electron chi connectivity index (χ2n) is 7.51. The van der Waals surface area contributed by atoms with E-state index in [4.69, 9.17) is 28.9 Å². The van der Waals surface area contributed by atoms with E-state index in [9.17, 15) is 9.18 Å². The van der Waals surface area contributed by atoms with Crippen molar-refractivity contribution >= 4 is 50.9 Å². The van der Waals surface area contributed by atoms with Gasteiger partial charge in [-0.25, -0.2) is 4.39 Å². The molecule has 1 amide bonds. The first-order valence-corrected chi connectivity index (χ1v) is 10.6. The van der Waals surface area contributed by atoms with Crippen LogP contribution in [-0.2, 0) is 6.54 Å². The van der Waals surface area contributed by atoms with Crippen LogP contribution in [0.25, 0.3) is 32.9 Å². The van der Waals surface area contributed by atoms with Gasteiger partial charge in [-0.05, 0) is 65.7 Å². The Morgan fingerprint density at radius 1 is 0.969 bits per heavy atom. The Bertz CT molecular complexity index is 1490. The smallest absolute Gasteiger partial charge is 0.249 e. The minimum Gasteiger partial charge on any atom is -0.366 e. The lowest BCUT2D eigenvalue weighted by molar-refractivity contribution is 0.100. The van der Waals surface area contributed by atoms with Crippen LogP contribution in [-0.4, -0.2) is 10.5 Å². The van der Waals surface area contributed by atoms with Crippen LogP contribution in [0.4, 0.5) is 4.39 Å². The van der Waals surface area contributed by atoms with E-state index >= 15 is 0 Å². The molecule has 0 aliphatic carbocycles. The Morgan fingerprint density at radius 2 is 1.72 bits per heavy atom. The average molecular weight is 462 g/mol. The van der Waals surface area contributed by atoms with Gasteiger partial charge >= 0.3 is 0 Å². The van der Waals surface area contributed by atoms with E-state index in [1.165, 1.54) is 6.07 Å². The Balaban J connectivity index is 1.82. The van der Waals surface area contributed by atoms with Crippen LogP contribution < -0.4 is 5.73 Å². The first-order valence-electron chi connectivity index (χ1n) is 9.89. The van der Waals surface area contributed by atoms with Gasteiger partial charge in [0.25, 0.3) is 0 Å². The number of carbonyl (C=O) groups excluding carboxylic acids is 1. The second-order valence-corrected chi connectivity index (χ2v) is 8.35. The number of primary amides is 1. The minimum absolute atomic E-state index is 0.186. The summed E-state index contributed by atoms with van der Waals surface area (Å²) >= 11 is 12.4. The SMILES string of the molecule is NC(=O)c1cccc2c1c1[c]cc(-c3ccc(Cl)cc3)cc1n2Cc1c(F)cccc1Cl. The van der Waals surface area contributed by atoms with Crippen LogP contribution in [0, 0.1) is 11.9 Å². The summed E-state index contributed by atoms with van der Waals surface area (Å²) in [4.78, 5) is 12.2. The second kappa shape index (κ2) is 7.97. The molecule has 3 nitrogen and oxygen atoms in total. The molecule has 1 radical (unpaired) electrons. The molecule has 4 aromatic carbocycles. The fraction of sp³-hybridized carbons (Fsp3) is 0.0385. The summed E-state index contributed by atoms with van der Waals surface area (Å²) in [6.45, 7) is 0.186. The topological polar surface area (TPSA) is 48.0 Å². The molecule has 5 aromatic rings. The van der Waals surface area contributed by atoms with Gasteiger partial charge < -0.3 is 10.3 Å². The van der Waals surface area contributed by atoms with E-state index in [1.807, 2.05) is 47.0 Å². The highest BCUT2D eigenvalue weighted by Gasteiger charge is 2.19. The molecule has 1 heterocycles. The molecule has 0 aliphatic heterocycles. The van der Waals surface area contributed by atoms with E-state index in [0.717, 1.165) is 27.5 Å². The van der Waals surface area contributed by atoms with E-state index in [1.54, 1.807) is 24.3 Å². The van der Waals surface area contributed by atoms with Crippen molar-refractivity contribution in [2.75, 3.05) is 0 Å². The summed E-state index contributed by atoms with van der Waals surface area (Å²) in [5, 5.41) is 2.40. The maximum Gasteiger partial charge on any atom is 0.249 e. The fourth-order valence-electron chi connectivity index (χ4n) is 4.08. The molecular weight excluding hydrogens is 446 g/mol. The van der Waals surface area contributed by atoms with Crippen molar-refractivity contribution in [1.82, 2.24) is 4.57 Å². The standard InChI is InChI=1S/C26H16Cl2FN2O/c27-17-10-7-15(8-11-17)16-9-12-18-24(13-16)31(14-20-21(28)4-2-5-22(20)29)23-6-1-3-19(25(18)23)26(30)32/h1-11,13H,14H2,(H2,30,32). The Labute approximate surface area is 193 Å². The number of halogens is 3. The molecule has 0 fully saturated rings. The molecule has 32 heavy (non-hydrogen) atoms. The van der Waals surface area contributed by atoms with Crippen LogP contribution in [0.2, 0.25) is 10.0 Å². The van der Waals surface area contributed by atoms with Crippen molar-refractivity contribution < 1.29 is 9.18 Å². The minimum atomic E-state index is -0.534. The number of hydrogen-bond acceptors (Lipinski definition) is 1. The van der Waals surface area contributed by atoms with Crippen LogP contribution in [0.5, 0.6) is 0 Å². The van der Waals surface area contributed by atoms with Crippen molar-refractivity contribution in [3.05, 3.63) is 106 Å². The molecule has 0 unspecified atom stereocenters. The molecule has 0 spiro atoms. The van der Waals surface area contributed by atoms with Gasteiger partial charge in [0.1, 0.15) is 5.82 Å². The fourth-order valence-corrected chi connectivity index (χ4v) is 4.43. The highest BCUT2D eigenvalue weighted by atomic mass is 35.5. The predicted molar refractivity (Wildman–Crippen MR) is 128 cm³/mol. The molecular formula is C26H16Cl2FN2O. The molecule has 1 aromatic heterocycles. The third-order valence-corrected chi connectivity index (χ3v) is 6.22. The highest BCUT2D eigenvalue weighted by molar-refractivity contribution is 6.31. The Morgan fingerprint density at radius 3 is 2.44 bits per heavy atom. The van der Waals surface area contributed by atoms with Crippen molar-refractivity contribution in [2.45, 2.75) is 6.54 Å². The Hall–Kier alpha value is -3.34. The van der Waals surface area contributed by atoms with Gasteiger partial charge in [0.15, 0.2) is 0 Å². The van der Waals surface area contributed by atoms with Crippen molar-refractivity contribution in [3.63, 3.8) is 0 Å². The third kappa shape index (κ3) is 3.42. The van der Waals surface area contributed by atoms with Crippen LogP contribution in [0.15, 0.2) is 72.8 Å². The lowest BCUT2D eigenvalue weighted by Gasteiger charge is -2.11. The number of amides is 1. The van der Waals surface area contributed by atoms with E-state index in [0.29, 0.717) is 26.6 Å². The highest BCUT2D eigenvalue weighted by Crippen LogP contribution is 2.35. The third-order valence-electron chi connectivity index (χ3n) is 5.62. The first kappa shape index (κ1) is 20.6. The summed E-state index contributed by atoms with van der Waals surface area (Å²) in [5.41, 5.74) is 9.84. The molecule has 2 N–H and O–H groups in total.